The van der Waals surface area contributed by atoms with E-state index in [1.54, 1.807) is 7.11 Å². The number of fused-ring (bicyclic) bond motifs is 3. The van der Waals surface area contributed by atoms with E-state index in [0.717, 1.165) is 41.2 Å². The zero-order valence-electron chi connectivity index (χ0n) is 12.8. The summed E-state index contributed by atoms with van der Waals surface area (Å²) in [6.45, 7) is 2.91. The van der Waals surface area contributed by atoms with Gasteiger partial charge in [0.2, 0.25) is 0 Å². The second-order valence-electron chi connectivity index (χ2n) is 5.69. The summed E-state index contributed by atoms with van der Waals surface area (Å²) in [4.78, 5) is 8.33. The van der Waals surface area contributed by atoms with Crippen LogP contribution in [0, 0.1) is 6.92 Å². The smallest absolute Gasteiger partial charge is 0.121 e. The second-order valence-corrected chi connectivity index (χ2v) is 5.69. The summed E-state index contributed by atoms with van der Waals surface area (Å²) >= 11 is 0. The van der Waals surface area contributed by atoms with Crippen molar-refractivity contribution >= 4 is 16.6 Å². The van der Waals surface area contributed by atoms with E-state index in [0.29, 0.717) is 0 Å². The molecule has 2 heterocycles. The Hall–Kier alpha value is -2.55. The van der Waals surface area contributed by atoms with Gasteiger partial charge in [0.05, 0.1) is 18.5 Å². The van der Waals surface area contributed by atoms with Crippen LogP contribution in [0.2, 0.25) is 0 Å². The number of nitrogens with zero attached hydrogens (tertiary/aromatic N) is 1. The van der Waals surface area contributed by atoms with Crippen LogP contribution in [-0.4, -0.2) is 24.4 Å². The number of H-pyrrole nitrogens is 1. The zero-order chi connectivity index (χ0) is 15.1. The van der Waals surface area contributed by atoms with Crippen LogP contribution in [0.3, 0.4) is 0 Å². The Bertz CT molecular complexity index is 890. The number of nitrogens with one attached hydrogen (secondary N) is 1. The van der Waals surface area contributed by atoms with E-state index in [1.807, 2.05) is 6.07 Å². The van der Waals surface area contributed by atoms with E-state index in [4.69, 9.17) is 9.73 Å². The number of rotatable bonds is 2. The number of hydrogen-bond acceptors (Lipinski definition) is 2. The predicted octanol–water partition coefficient (Wildman–Crippen LogP) is 3.88. The molecule has 0 amide bonds. The van der Waals surface area contributed by atoms with E-state index in [1.165, 1.54) is 16.5 Å². The molecule has 0 spiro atoms. The topological polar surface area (TPSA) is 37.4 Å². The maximum atomic E-state index is 5.36. The van der Waals surface area contributed by atoms with Gasteiger partial charge < -0.3 is 9.72 Å². The first-order valence-corrected chi connectivity index (χ1v) is 7.57. The third kappa shape index (κ3) is 1.93. The minimum Gasteiger partial charge on any atom is -0.496 e. The normalized spacial score (nSPS) is 13.8. The Morgan fingerprint density at radius 1 is 1.14 bits per heavy atom. The molecule has 1 N–H and O–H groups in total. The molecule has 2 aromatic carbocycles. The largest absolute Gasteiger partial charge is 0.496 e. The average Bonchev–Trinajstić information content (AvgIpc) is 2.93. The Morgan fingerprint density at radius 3 is 2.82 bits per heavy atom. The van der Waals surface area contributed by atoms with Gasteiger partial charge in [0.25, 0.3) is 0 Å². The highest BCUT2D eigenvalue weighted by Crippen LogP contribution is 2.29. The number of benzene rings is 2. The van der Waals surface area contributed by atoms with Gasteiger partial charge in [-0.05, 0) is 48.7 Å². The summed E-state index contributed by atoms with van der Waals surface area (Å²) in [6, 6.07) is 14.7. The molecule has 3 nitrogen and oxygen atoms in total. The fraction of sp³-hybridized carbons (Fsp3) is 0.211. The highest BCUT2D eigenvalue weighted by atomic mass is 16.5. The number of aliphatic imine (C=N–C) groups is 1. The molecule has 110 valence electrons. The number of hydrogen-bond donors (Lipinski definition) is 1. The van der Waals surface area contributed by atoms with Crippen LogP contribution >= 0.6 is 0 Å². The van der Waals surface area contributed by atoms with Crippen LogP contribution in [-0.2, 0) is 6.42 Å². The van der Waals surface area contributed by atoms with E-state index in [2.05, 4.69) is 48.3 Å². The molecule has 0 atom stereocenters. The van der Waals surface area contributed by atoms with Gasteiger partial charge in [0, 0.05) is 23.0 Å². The summed E-state index contributed by atoms with van der Waals surface area (Å²) < 4.78 is 5.36. The van der Waals surface area contributed by atoms with E-state index >= 15 is 0 Å². The van der Waals surface area contributed by atoms with Crippen LogP contribution in [0.25, 0.3) is 10.9 Å². The molecule has 1 aliphatic heterocycles. The van der Waals surface area contributed by atoms with Crippen LogP contribution in [0.15, 0.2) is 47.5 Å². The molecule has 22 heavy (non-hydrogen) atoms. The molecule has 0 aliphatic carbocycles. The molecular formula is C19H18N2O. The maximum absolute atomic E-state index is 5.36. The van der Waals surface area contributed by atoms with Crippen LogP contribution in [0.1, 0.15) is 22.4 Å². The molecule has 0 unspecified atom stereocenters. The molecule has 0 radical (unpaired) electrons. The quantitative estimate of drug-likeness (QED) is 0.764. The van der Waals surface area contributed by atoms with Gasteiger partial charge >= 0.3 is 0 Å². The molecule has 4 rings (SSSR count). The Morgan fingerprint density at radius 2 is 2.00 bits per heavy atom. The lowest BCUT2D eigenvalue weighted by Gasteiger charge is -2.15. The van der Waals surface area contributed by atoms with Crippen molar-refractivity contribution in [2.45, 2.75) is 13.3 Å². The van der Waals surface area contributed by atoms with Gasteiger partial charge in [-0.25, -0.2) is 0 Å². The van der Waals surface area contributed by atoms with Crippen molar-refractivity contribution in [1.29, 1.82) is 0 Å². The van der Waals surface area contributed by atoms with Crippen molar-refractivity contribution in [3.05, 3.63) is 64.8 Å². The SMILES string of the molecule is COc1ccc(C2=NCCc3c2[nH]c2ccccc32)cc1C. The average molecular weight is 290 g/mol. The van der Waals surface area contributed by atoms with E-state index in [-0.39, 0.29) is 0 Å². The van der Waals surface area contributed by atoms with Crippen molar-refractivity contribution in [2.75, 3.05) is 13.7 Å². The fourth-order valence-corrected chi connectivity index (χ4v) is 3.28. The molecule has 3 heteroatoms. The van der Waals surface area contributed by atoms with Crippen molar-refractivity contribution in [1.82, 2.24) is 4.98 Å². The third-order valence-corrected chi connectivity index (χ3v) is 4.35. The highest BCUT2D eigenvalue weighted by Gasteiger charge is 2.20. The Balaban J connectivity index is 1.88. The number of aromatic nitrogens is 1. The molecular weight excluding hydrogens is 272 g/mol. The first-order valence-electron chi connectivity index (χ1n) is 7.57. The number of ether oxygens (including phenoxy) is 1. The van der Waals surface area contributed by atoms with Crippen LogP contribution in [0.4, 0.5) is 0 Å². The van der Waals surface area contributed by atoms with E-state index < -0.39 is 0 Å². The lowest BCUT2D eigenvalue weighted by Crippen LogP contribution is -2.13. The van der Waals surface area contributed by atoms with Gasteiger partial charge in [0.15, 0.2) is 0 Å². The molecule has 1 aliphatic rings. The Kier molecular flexibility index (Phi) is 3.00. The van der Waals surface area contributed by atoms with Crippen molar-refractivity contribution in [3.63, 3.8) is 0 Å². The number of aromatic amines is 1. The highest BCUT2D eigenvalue weighted by molar-refractivity contribution is 6.16. The summed E-state index contributed by atoms with van der Waals surface area (Å²) in [5.74, 6) is 0.914. The number of methoxy groups -OCH3 is 1. The molecule has 0 fully saturated rings. The maximum Gasteiger partial charge on any atom is 0.121 e. The number of aryl methyl sites for hydroxylation is 1. The minimum atomic E-state index is 0.843. The molecule has 3 aromatic rings. The fourth-order valence-electron chi connectivity index (χ4n) is 3.28. The lowest BCUT2D eigenvalue weighted by atomic mass is 9.97. The minimum absolute atomic E-state index is 0.843. The third-order valence-electron chi connectivity index (χ3n) is 4.35. The van der Waals surface area contributed by atoms with Crippen LogP contribution in [0.5, 0.6) is 5.75 Å². The lowest BCUT2D eigenvalue weighted by molar-refractivity contribution is 0.411. The molecule has 1 aromatic heterocycles. The Labute approximate surface area is 129 Å². The summed E-state index contributed by atoms with van der Waals surface area (Å²) in [5, 5.41) is 1.31. The van der Waals surface area contributed by atoms with Gasteiger partial charge in [0.1, 0.15) is 5.75 Å². The van der Waals surface area contributed by atoms with Gasteiger partial charge in [-0.1, -0.05) is 18.2 Å². The molecule has 0 bridgehead atoms. The second kappa shape index (κ2) is 5.02. The van der Waals surface area contributed by atoms with Crippen molar-refractivity contribution < 1.29 is 4.74 Å². The first kappa shape index (κ1) is 13.1. The zero-order valence-corrected chi connectivity index (χ0v) is 12.8. The molecule has 0 saturated heterocycles. The van der Waals surface area contributed by atoms with Crippen molar-refractivity contribution in [2.24, 2.45) is 4.99 Å². The van der Waals surface area contributed by atoms with E-state index in [9.17, 15) is 0 Å². The predicted molar refractivity (Wildman–Crippen MR) is 90.2 cm³/mol. The first-order chi connectivity index (χ1) is 10.8. The summed E-state index contributed by atoms with van der Waals surface area (Å²) in [6.07, 6.45) is 0.998. The van der Waals surface area contributed by atoms with Gasteiger partial charge in [-0.15, -0.1) is 0 Å². The number of para-hydroxylation sites is 1. The summed E-state index contributed by atoms with van der Waals surface area (Å²) in [5.41, 5.74) is 7.07. The van der Waals surface area contributed by atoms with Gasteiger partial charge in [-0.2, -0.15) is 0 Å². The summed E-state index contributed by atoms with van der Waals surface area (Å²) in [7, 11) is 1.70. The standard InChI is InChI=1S/C19H18N2O/c1-12-11-13(7-8-17(12)22-2)18-19-15(9-10-20-18)14-5-3-4-6-16(14)21-19/h3-8,11,21H,9-10H2,1-2H3. The van der Waals surface area contributed by atoms with Crippen molar-refractivity contribution in [3.8, 4) is 5.75 Å². The monoisotopic (exact) mass is 290 g/mol. The van der Waals surface area contributed by atoms with Gasteiger partial charge in [-0.3, -0.25) is 4.99 Å². The molecule has 0 saturated carbocycles. The van der Waals surface area contributed by atoms with Crippen LogP contribution < -0.4 is 4.74 Å².